The molecular weight excluding hydrogens is 435 g/mol. The van der Waals surface area contributed by atoms with Gasteiger partial charge < -0.3 is 19.7 Å². The summed E-state index contributed by atoms with van der Waals surface area (Å²) in [5, 5.41) is 5.25. The molecule has 1 aromatic heterocycles. The zero-order valence-corrected chi connectivity index (χ0v) is 18.4. The number of hydrogen-bond donors (Lipinski definition) is 3. The highest BCUT2D eigenvalue weighted by Crippen LogP contribution is 2.53. The maximum atomic E-state index is 13.2. The Morgan fingerprint density at radius 3 is 2.30 bits per heavy atom. The van der Waals surface area contributed by atoms with Crippen molar-refractivity contribution in [1.82, 2.24) is 4.57 Å². The highest BCUT2D eigenvalue weighted by molar-refractivity contribution is 7.53. The molecule has 6 nitrogen and oxygen atoms in total. The van der Waals surface area contributed by atoms with E-state index in [2.05, 4.69) is 5.32 Å². The third-order valence-corrected chi connectivity index (χ3v) is 6.88. The first-order valence-corrected chi connectivity index (χ1v) is 12.1. The summed E-state index contributed by atoms with van der Waals surface area (Å²) in [6.07, 6.45) is 1.83. The van der Waals surface area contributed by atoms with Crippen LogP contribution in [0.3, 0.4) is 0 Å². The summed E-state index contributed by atoms with van der Waals surface area (Å²) in [5.41, 5.74) is 0.799. The van der Waals surface area contributed by atoms with Crippen LogP contribution in [0.15, 0.2) is 103 Å². The first-order valence-electron chi connectivity index (χ1n) is 10.4. The molecule has 164 valence electrons. The summed E-state index contributed by atoms with van der Waals surface area (Å²) in [6, 6.07) is 29.7. The number of fused-ring (bicyclic) bond motifs is 2. The van der Waals surface area contributed by atoms with Crippen LogP contribution < -0.4 is 5.32 Å². The zero-order valence-electron chi connectivity index (χ0n) is 17.5. The SMILES string of the molecule is O=C(Nc1ccc2ccccc2c1)C(c1cccc2c1ccn2-c1ccccc1)P(=O)(O)O. The van der Waals surface area contributed by atoms with Crippen molar-refractivity contribution in [3.05, 3.63) is 109 Å². The Labute approximate surface area is 190 Å². The van der Waals surface area contributed by atoms with E-state index in [0.717, 1.165) is 22.0 Å². The van der Waals surface area contributed by atoms with Gasteiger partial charge in [0.1, 0.15) is 0 Å². The zero-order chi connectivity index (χ0) is 23.0. The number of para-hydroxylation sites is 1. The molecule has 33 heavy (non-hydrogen) atoms. The Kier molecular flexibility index (Phi) is 5.35. The van der Waals surface area contributed by atoms with Crippen LogP contribution in [0.2, 0.25) is 0 Å². The van der Waals surface area contributed by atoms with Crippen LogP contribution in [-0.4, -0.2) is 20.3 Å². The molecule has 0 saturated carbocycles. The van der Waals surface area contributed by atoms with Crippen molar-refractivity contribution < 1.29 is 19.1 Å². The number of benzene rings is 4. The molecule has 1 unspecified atom stereocenters. The second kappa shape index (κ2) is 8.34. The van der Waals surface area contributed by atoms with Gasteiger partial charge >= 0.3 is 7.60 Å². The standard InChI is InChI=1S/C26H21N2O4P/c29-26(27-20-14-13-18-7-4-5-8-19(18)17-20)25(33(30,31)32)23-11-6-12-24-22(23)15-16-28(24)21-9-2-1-3-10-21/h1-17,25H,(H,27,29)(H2,30,31,32). The first kappa shape index (κ1) is 21.2. The Morgan fingerprint density at radius 2 is 1.55 bits per heavy atom. The lowest BCUT2D eigenvalue weighted by molar-refractivity contribution is -0.116. The molecule has 5 rings (SSSR count). The number of aromatic nitrogens is 1. The average molecular weight is 456 g/mol. The Bertz CT molecular complexity index is 1520. The van der Waals surface area contributed by atoms with E-state index in [9.17, 15) is 19.1 Å². The monoisotopic (exact) mass is 456 g/mol. The van der Waals surface area contributed by atoms with E-state index in [1.807, 2.05) is 77.5 Å². The second-order valence-corrected chi connectivity index (χ2v) is 9.54. The lowest BCUT2D eigenvalue weighted by atomic mass is 10.1. The fourth-order valence-electron chi connectivity index (χ4n) is 4.20. The van der Waals surface area contributed by atoms with E-state index in [-0.39, 0.29) is 5.56 Å². The van der Waals surface area contributed by atoms with Crippen LogP contribution in [0.25, 0.3) is 27.4 Å². The maximum Gasteiger partial charge on any atom is 0.342 e. The van der Waals surface area contributed by atoms with Crippen LogP contribution in [0, 0.1) is 0 Å². The minimum Gasteiger partial charge on any atom is -0.325 e. The van der Waals surface area contributed by atoms with Crippen LogP contribution in [0.5, 0.6) is 0 Å². The number of carbonyl (C=O) groups excluding carboxylic acids is 1. The van der Waals surface area contributed by atoms with E-state index in [0.29, 0.717) is 11.1 Å². The molecule has 3 N–H and O–H groups in total. The van der Waals surface area contributed by atoms with Gasteiger partial charge in [0, 0.05) is 23.0 Å². The molecule has 5 aromatic rings. The molecule has 1 atom stereocenters. The van der Waals surface area contributed by atoms with E-state index >= 15 is 0 Å². The summed E-state index contributed by atoms with van der Waals surface area (Å²) in [4.78, 5) is 33.6. The van der Waals surface area contributed by atoms with Gasteiger partial charge in [-0.3, -0.25) is 9.36 Å². The van der Waals surface area contributed by atoms with Crippen molar-refractivity contribution in [1.29, 1.82) is 0 Å². The Morgan fingerprint density at radius 1 is 0.818 bits per heavy atom. The predicted octanol–water partition coefficient (Wildman–Crippen LogP) is 5.64. The summed E-state index contributed by atoms with van der Waals surface area (Å²) in [7, 11) is -4.83. The van der Waals surface area contributed by atoms with Crippen molar-refractivity contribution in [2.24, 2.45) is 0 Å². The molecule has 7 heteroatoms. The molecule has 0 bridgehead atoms. The van der Waals surface area contributed by atoms with Gasteiger partial charge in [0.05, 0.1) is 5.52 Å². The van der Waals surface area contributed by atoms with E-state index in [4.69, 9.17) is 0 Å². The molecule has 0 radical (unpaired) electrons. The number of carbonyl (C=O) groups is 1. The van der Waals surface area contributed by atoms with Gasteiger partial charge in [-0.1, -0.05) is 60.7 Å². The summed E-state index contributed by atoms with van der Waals surface area (Å²) < 4.78 is 14.5. The largest absolute Gasteiger partial charge is 0.342 e. The van der Waals surface area contributed by atoms with Crippen LogP contribution in [0.4, 0.5) is 5.69 Å². The van der Waals surface area contributed by atoms with E-state index in [1.54, 1.807) is 30.3 Å². The van der Waals surface area contributed by atoms with Crippen molar-refractivity contribution in [2.45, 2.75) is 5.66 Å². The summed E-state index contributed by atoms with van der Waals surface area (Å²) in [5.74, 6) is -0.751. The Hall–Kier alpha value is -3.70. The topological polar surface area (TPSA) is 91.6 Å². The minimum absolute atomic E-state index is 0.286. The maximum absolute atomic E-state index is 13.2. The van der Waals surface area contributed by atoms with Gasteiger partial charge in [-0.25, -0.2) is 0 Å². The van der Waals surface area contributed by atoms with Gasteiger partial charge in [0.15, 0.2) is 5.66 Å². The molecule has 0 aliphatic heterocycles. The molecule has 1 heterocycles. The summed E-state index contributed by atoms with van der Waals surface area (Å²) >= 11 is 0. The Balaban J connectivity index is 1.56. The molecule has 0 fully saturated rings. The lowest BCUT2D eigenvalue weighted by Gasteiger charge is -2.20. The molecule has 4 aromatic carbocycles. The van der Waals surface area contributed by atoms with E-state index in [1.165, 1.54) is 0 Å². The number of amides is 1. The molecule has 0 saturated heterocycles. The number of nitrogens with zero attached hydrogens (tertiary/aromatic N) is 1. The normalized spacial score (nSPS) is 12.7. The number of rotatable bonds is 5. The molecule has 0 aliphatic rings. The van der Waals surface area contributed by atoms with Gasteiger partial charge in [-0.05, 0) is 52.7 Å². The average Bonchev–Trinajstić information content (AvgIpc) is 3.24. The van der Waals surface area contributed by atoms with E-state index < -0.39 is 19.2 Å². The second-order valence-electron chi connectivity index (χ2n) is 7.84. The van der Waals surface area contributed by atoms with Crippen molar-refractivity contribution >= 4 is 40.9 Å². The summed E-state index contributed by atoms with van der Waals surface area (Å²) in [6.45, 7) is 0. The van der Waals surface area contributed by atoms with Gasteiger partial charge in [-0.2, -0.15) is 0 Å². The number of anilines is 1. The fourth-order valence-corrected chi connectivity index (χ4v) is 5.15. The lowest BCUT2D eigenvalue weighted by Crippen LogP contribution is -2.21. The molecule has 1 amide bonds. The molecular formula is C26H21N2O4P. The van der Waals surface area contributed by atoms with Gasteiger partial charge in [0.2, 0.25) is 5.91 Å². The van der Waals surface area contributed by atoms with Crippen LogP contribution in [0.1, 0.15) is 11.2 Å². The third-order valence-electron chi connectivity index (χ3n) is 5.70. The third kappa shape index (κ3) is 4.08. The fraction of sp³-hybridized carbons (Fsp3) is 0.0385. The molecule has 0 spiro atoms. The van der Waals surface area contributed by atoms with Crippen LogP contribution in [-0.2, 0) is 9.36 Å². The highest BCUT2D eigenvalue weighted by Gasteiger charge is 2.38. The van der Waals surface area contributed by atoms with Crippen molar-refractivity contribution in [2.75, 3.05) is 5.32 Å². The number of nitrogens with one attached hydrogen (secondary N) is 1. The van der Waals surface area contributed by atoms with Gasteiger partial charge in [-0.15, -0.1) is 0 Å². The van der Waals surface area contributed by atoms with Crippen molar-refractivity contribution in [3.8, 4) is 5.69 Å². The smallest absolute Gasteiger partial charge is 0.325 e. The van der Waals surface area contributed by atoms with Crippen LogP contribution >= 0.6 is 7.60 Å². The van der Waals surface area contributed by atoms with Crippen molar-refractivity contribution in [3.63, 3.8) is 0 Å². The minimum atomic E-state index is -4.83. The first-order chi connectivity index (χ1) is 15.9. The predicted molar refractivity (Wildman–Crippen MR) is 131 cm³/mol. The number of hydrogen-bond acceptors (Lipinski definition) is 2. The highest BCUT2D eigenvalue weighted by atomic mass is 31.2. The quantitative estimate of drug-likeness (QED) is 0.299. The molecule has 0 aliphatic carbocycles. The van der Waals surface area contributed by atoms with Gasteiger partial charge in [0.25, 0.3) is 0 Å².